The smallest absolute Gasteiger partial charge is 0.309 e. The van der Waals surface area contributed by atoms with Gasteiger partial charge in [-0.2, -0.15) is 0 Å². The van der Waals surface area contributed by atoms with Crippen LogP contribution in [0.3, 0.4) is 0 Å². The van der Waals surface area contributed by atoms with E-state index in [9.17, 15) is 9.90 Å². The SMILES string of the molecule is COc1ccc2ncc(Cl)c([C@@H](F)CCC3(C(=O)O)CCN(CCCSc4ccccc4C)CC3)c2c1. The van der Waals surface area contributed by atoms with E-state index >= 15 is 4.39 Å². The van der Waals surface area contributed by atoms with Crippen LogP contribution in [0.5, 0.6) is 5.75 Å². The molecular weight excluding hydrogens is 511 g/mol. The molecule has 0 amide bonds. The van der Waals surface area contributed by atoms with Crippen LogP contribution in [0.1, 0.15) is 49.4 Å². The highest BCUT2D eigenvalue weighted by atomic mass is 35.5. The van der Waals surface area contributed by atoms with Gasteiger partial charge in [0.15, 0.2) is 0 Å². The van der Waals surface area contributed by atoms with Gasteiger partial charge in [-0.3, -0.25) is 9.78 Å². The lowest BCUT2D eigenvalue weighted by molar-refractivity contribution is -0.153. The summed E-state index contributed by atoms with van der Waals surface area (Å²) in [6.45, 7) is 4.51. The number of thioether (sulfide) groups is 1. The van der Waals surface area contributed by atoms with Gasteiger partial charge in [-0.1, -0.05) is 29.8 Å². The third kappa shape index (κ3) is 6.57. The number of carbonyl (C=O) groups is 1. The lowest BCUT2D eigenvalue weighted by Gasteiger charge is -2.39. The van der Waals surface area contributed by atoms with E-state index in [1.165, 1.54) is 16.7 Å². The molecule has 0 radical (unpaired) electrons. The molecule has 198 valence electrons. The van der Waals surface area contributed by atoms with E-state index in [-0.39, 0.29) is 17.9 Å². The summed E-state index contributed by atoms with van der Waals surface area (Å²) >= 11 is 8.24. The molecule has 0 bridgehead atoms. The first-order valence-electron chi connectivity index (χ1n) is 12.7. The maximum atomic E-state index is 15.6. The number of hydrogen-bond acceptors (Lipinski definition) is 5. The minimum absolute atomic E-state index is 0.0927. The van der Waals surface area contributed by atoms with Crippen LogP contribution in [0.25, 0.3) is 10.9 Å². The zero-order valence-corrected chi connectivity index (χ0v) is 23.0. The van der Waals surface area contributed by atoms with E-state index in [1.54, 1.807) is 25.3 Å². The van der Waals surface area contributed by atoms with Gasteiger partial charge in [0, 0.05) is 22.0 Å². The summed E-state index contributed by atoms with van der Waals surface area (Å²) in [5.74, 6) is 0.791. The summed E-state index contributed by atoms with van der Waals surface area (Å²) in [4.78, 5) is 20.3. The number of aryl methyl sites for hydroxylation is 1. The number of carboxylic acids is 1. The van der Waals surface area contributed by atoms with Crippen molar-refractivity contribution in [2.75, 3.05) is 32.5 Å². The largest absolute Gasteiger partial charge is 0.497 e. The Morgan fingerprint density at radius 1 is 1.27 bits per heavy atom. The molecule has 0 saturated carbocycles. The Morgan fingerprint density at radius 3 is 2.73 bits per heavy atom. The van der Waals surface area contributed by atoms with E-state index in [0.29, 0.717) is 48.1 Å². The van der Waals surface area contributed by atoms with Crippen LogP contribution in [0.2, 0.25) is 5.02 Å². The number of fused-ring (bicyclic) bond motifs is 1. The zero-order valence-electron chi connectivity index (χ0n) is 21.4. The number of rotatable bonds is 11. The van der Waals surface area contributed by atoms with Gasteiger partial charge >= 0.3 is 5.97 Å². The molecular formula is C29H34ClFN2O3S. The molecule has 1 fully saturated rings. The second-order valence-electron chi connectivity index (χ2n) is 9.80. The summed E-state index contributed by atoms with van der Waals surface area (Å²) < 4.78 is 20.9. The van der Waals surface area contributed by atoms with Gasteiger partial charge in [-0.15, -0.1) is 11.8 Å². The Bertz CT molecular complexity index is 1230. The Hall–Kier alpha value is -2.35. The van der Waals surface area contributed by atoms with Crippen LogP contribution in [-0.2, 0) is 4.79 Å². The zero-order chi connectivity index (χ0) is 26.4. The Balaban J connectivity index is 1.33. The predicted molar refractivity (Wildman–Crippen MR) is 149 cm³/mol. The summed E-state index contributed by atoms with van der Waals surface area (Å²) in [6, 6.07) is 13.7. The number of hydrogen-bond donors (Lipinski definition) is 1. The summed E-state index contributed by atoms with van der Waals surface area (Å²) in [6.07, 6.45) is 2.53. The van der Waals surface area contributed by atoms with Gasteiger partial charge in [0.2, 0.25) is 0 Å². The van der Waals surface area contributed by atoms with Crippen molar-refractivity contribution in [3.05, 3.63) is 64.8 Å². The van der Waals surface area contributed by atoms with Crippen molar-refractivity contribution in [3.63, 3.8) is 0 Å². The molecule has 1 saturated heterocycles. The number of piperidine rings is 1. The molecule has 2 heterocycles. The number of likely N-dealkylation sites (tertiary alicyclic amines) is 1. The van der Waals surface area contributed by atoms with Gasteiger partial charge in [0.1, 0.15) is 11.9 Å². The topological polar surface area (TPSA) is 62.7 Å². The normalized spacial score (nSPS) is 16.5. The first-order chi connectivity index (χ1) is 17.8. The number of aliphatic carboxylic acids is 1. The number of ether oxygens (including phenoxy) is 1. The molecule has 1 atom stereocenters. The first-order valence-corrected chi connectivity index (χ1v) is 14.1. The van der Waals surface area contributed by atoms with Gasteiger partial charge in [0.05, 0.1) is 23.1 Å². The van der Waals surface area contributed by atoms with Crippen LogP contribution in [-0.4, -0.2) is 53.5 Å². The number of aromatic nitrogens is 1. The minimum Gasteiger partial charge on any atom is -0.497 e. The van der Waals surface area contributed by atoms with Gasteiger partial charge < -0.3 is 14.7 Å². The van der Waals surface area contributed by atoms with Crippen molar-refractivity contribution in [3.8, 4) is 5.75 Å². The summed E-state index contributed by atoms with van der Waals surface area (Å²) in [7, 11) is 1.55. The number of pyridine rings is 1. The quantitative estimate of drug-likeness (QED) is 0.201. The van der Waals surface area contributed by atoms with E-state index < -0.39 is 17.6 Å². The van der Waals surface area contributed by atoms with Gasteiger partial charge in [0.25, 0.3) is 0 Å². The second-order valence-corrected chi connectivity index (χ2v) is 11.3. The van der Waals surface area contributed by atoms with E-state index in [2.05, 4.69) is 41.1 Å². The molecule has 1 aliphatic rings. The molecule has 0 spiro atoms. The fourth-order valence-electron chi connectivity index (χ4n) is 5.12. The molecule has 2 aromatic carbocycles. The lowest BCUT2D eigenvalue weighted by Crippen LogP contribution is -2.44. The van der Waals surface area contributed by atoms with E-state index in [0.717, 1.165) is 18.7 Å². The second kappa shape index (κ2) is 12.5. The number of methoxy groups -OCH3 is 1. The first kappa shape index (κ1) is 27.7. The van der Waals surface area contributed by atoms with Crippen molar-refractivity contribution in [1.29, 1.82) is 0 Å². The van der Waals surface area contributed by atoms with Crippen molar-refractivity contribution in [2.24, 2.45) is 5.41 Å². The van der Waals surface area contributed by atoms with Gasteiger partial charge in [-0.25, -0.2) is 4.39 Å². The molecule has 3 aromatic rings. The fourth-order valence-corrected chi connectivity index (χ4v) is 6.36. The standard InChI is InChI=1S/C29H34ClFN2O3S/c1-20-6-3-4-7-26(20)37-17-5-14-33-15-12-29(13-16-33,28(34)35)11-10-24(31)27-22-18-21(36-2)8-9-25(22)32-19-23(27)30/h3-4,6-9,18-19,24H,5,10-17H2,1-2H3,(H,34,35)/t24-/m0/s1. The number of halogens is 2. The van der Waals surface area contributed by atoms with Gasteiger partial charge in [-0.05, 0) is 94.2 Å². The average Bonchev–Trinajstić information content (AvgIpc) is 2.90. The molecule has 4 rings (SSSR count). The summed E-state index contributed by atoms with van der Waals surface area (Å²) in [5.41, 5.74) is 1.37. The highest BCUT2D eigenvalue weighted by molar-refractivity contribution is 7.99. The average molecular weight is 545 g/mol. The maximum absolute atomic E-state index is 15.6. The predicted octanol–water partition coefficient (Wildman–Crippen LogP) is 7.35. The highest BCUT2D eigenvalue weighted by Gasteiger charge is 2.41. The Labute approximate surface area is 227 Å². The van der Waals surface area contributed by atoms with E-state index in [4.69, 9.17) is 16.3 Å². The fraction of sp³-hybridized carbons (Fsp3) is 0.448. The van der Waals surface area contributed by atoms with Crippen LogP contribution in [0.15, 0.2) is 53.6 Å². The van der Waals surface area contributed by atoms with Crippen LogP contribution in [0.4, 0.5) is 4.39 Å². The molecule has 37 heavy (non-hydrogen) atoms. The third-order valence-electron chi connectivity index (χ3n) is 7.49. The van der Waals surface area contributed by atoms with E-state index in [1.807, 2.05) is 11.8 Å². The van der Waals surface area contributed by atoms with Crippen molar-refractivity contribution in [2.45, 2.75) is 50.1 Å². The molecule has 5 nitrogen and oxygen atoms in total. The highest BCUT2D eigenvalue weighted by Crippen LogP contribution is 2.42. The minimum atomic E-state index is -1.39. The molecule has 1 aromatic heterocycles. The number of carboxylic acid groups (broad SMARTS) is 1. The monoisotopic (exact) mass is 544 g/mol. The molecule has 1 aliphatic heterocycles. The van der Waals surface area contributed by atoms with Crippen molar-refractivity contribution in [1.82, 2.24) is 9.88 Å². The number of benzene rings is 2. The van der Waals surface area contributed by atoms with Crippen molar-refractivity contribution >= 4 is 40.2 Å². The lowest BCUT2D eigenvalue weighted by atomic mass is 9.74. The van der Waals surface area contributed by atoms with Crippen LogP contribution < -0.4 is 4.74 Å². The van der Waals surface area contributed by atoms with Crippen molar-refractivity contribution < 1.29 is 19.0 Å². The molecule has 0 unspecified atom stereocenters. The Morgan fingerprint density at radius 2 is 2.03 bits per heavy atom. The van der Waals surface area contributed by atoms with Crippen LogP contribution in [0, 0.1) is 12.3 Å². The number of nitrogens with zero attached hydrogens (tertiary/aromatic N) is 2. The van der Waals surface area contributed by atoms with Crippen LogP contribution >= 0.6 is 23.4 Å². The number of alkyl halides is 1. The molecule has 1 N–H and O–H groups in total. The molecule has 8 heteroatoms. The Kier molecular flexibility index (Phi) is 9.32. The maximum Gasteiger partial charge on any atom is 0.309 e. The third-order valence-corrected chi connectivity index (χ3v) is 9.06. The molecule has 0 aliphatic carbocycles. The summed E-state index contributed by atoms with van der Waals surface area (Å²) in [5, 5.41) is 11.0.